The Morgan fingerprint density at radius 3 is 3.10 bits per heavy atom. The maximum atomic E-state index is 5.59. The first-order chi connectivity index (χ1) is 4.88. The number of methoxy groups -OCH3 is 1. The number of hydrogen-bond acceptors (Lipinski definition) is 2. The number of furan rings is 1. The second kappa shape index (κ2) is 3.64. The van der Waals surface area contributed by atoms with Gasteiger partial charge in [0, 0.05) is 12.7 Å². The molecule has 0 aliphatic heterocycles. The summed E-state index contributed by atoms with van der Waals surface area (Å²) in [4.78, 5) is 0. The minimum absolute atomic E-state index is 0.481. The maximum Gasteiger partial charge on any atom is 0.133 e. The summed E-state index contributed by atoms with van der Waals surface area (Å²) in [6, 6.07) is 1.85. The normalized spacial score (nSPS) is 10.2. The Kier molecular flexibility index (Phi) is 2.78. The first-order valence-corrected chi connectivity index (χ1v) is 3.52. The van der Waals surface area contributed by atoms with Crippen LogP contribution in [-0.2, 0) is 17.2 Å². The summed E-state index contributed by atoms with van der Waals surface area (Å²) in [5.74, 6) is 1.30. The van der Waals surface area contributed by atoms with E-state index in [2.05, 4.69) is 0 Å². The molecular weight excluding hydrogens is 152 g/mol. The van der Waals surface area contributed by atoms with Crippen molar-refractivity contribution in [3.05, 3.63) is 23.7 Å². The summed E-state index contributed by atoms with van der Waals surface area (Å²) < 4.78 is 9.96. The van der Waals surface area contributed by atoms with E-state index >= 15 is 0 Å². The standard InChI is InChI=1S/C7H9ClO2/c1-9-5-7-6(4-8)2-3-10-7/h2-3H,4-5H2,1H3. The Hall–Kier alpha value is -0.470. The first kappa shape index (κ1) is 7.63. The van der Waals surface area contributed by atoms with Crippen LogP contribution in [0, 0.1) is 0 Å². The molecule has 10 heavy (non-hydrogen) atoms. The van der Waals surface area contributed by atoms with Gasteiger partial charge >= 0.3 is 0 Å². The molecule has 0 saturated carbocycles. The van der Waals surface area contributed by atoms with Crippen molar-refractivity contribution in [2.45, 2.75) is 12.5 Å². The van der Waals surface area contributed by atoms with Gasteiger partial charge in [0.25, 0.3) is 0 Å². The van der Waals surface area contributed by atoms with Crippen LogP contribution in [0.15, 0.2) is 16.7 Å². The van der Waals surface area contributed by atoms with Gasteiger partial charge in [-0.3, -0.25) is 0 Å². The minimum atomic E-state index is 0.481. The fraction of sp³-hybridized carbons (Fsp3) is 0.429. The summed E-state index contributed by atoms with van der Waals surface area (Å²) in [7, 11) is 1.63. The Morgan fingerprint density at radius 2 is 2.50 bits per heavy atom. The van der Waals surface area contributed by atoms with Gasteiger partial charge in [0.2, 0.25) is 0 Å². The molecule has 3 heteroatoms. The average Bonchev–Trinajstić information content (AvgIpc) is 2.36. The quantitative estimate of drug-likeness (QED) is 0.633. The molecule has 0 aromatic carbocycles. The molecule has 56 valence electrons. The lowest BCUT2D eigenvalue weighted by atomic mass is 10.3. The SMILES string of the molecule is COCc1occc1CCl. The van der Waals surface area contributed by atoms with Crippen LogP contribution in [0.3, 0.4) is 0 Å². The van der Waals surface area contributed by atoms with E-state index in [0.717, 1.165) is 11.3 Å². The minimum Gasteiger partial charge on any atom is -0.467 e. The summed E-state index contributed by atoms with van der Waals surface area (Å²) in [5.41, 5.74) is 1.00. The highest BCUT2D eigenvalue weighted by Crippen LogP contribution is 2.13. The second-order valence-corrected chi connectivity index (χ2v) is 2.20. The van der Waals surface area contributed by atoms with Crippen molar-refractivity contribution in [1.82, 2.24) is 0 Å². The molecule has 1 aromatic rings. The largest absolute Gasteiger partial charge is 0.467 e. The molecule has 2 nitrogen and oxygen atoms in total. The number of hydrogen-bond donors (Lipinski definition) is 0. The van der Waals surface area contributed by atoms with Crippen LogP contribution in [0.1, 0.15) is 11.3 Å². The van der Waals surface area contributed by atoms with Crippen molar-refractivity contribution < 1.29 is 9.15 Å². The highest BCUT2D eigenvalue weighted by atomic mass is 35.5. The Labute approximate surface area is 64.7 Å². The molecule has 0 amide bonds. The van der Waals surface area contributed by atoms with Gasteiger partial charge in [-0.1, -0.05) is 0 Å². The van der Waals surface area contributed by atoms with E-state index in [0.29, 0.717) is 12.5 Å². The molecule has 0 unspecified atom stereocenters. The number of rotatable bonds is 3. The predicted molar refractivity (Wildman–Crippen MR) is 39.0 cm³/mol. The van der Waals surface area contributed by atoms with E-state index in [1.54, 1.807) is 13.4 Å². The lowest BCUT2D eigenvalue weighted by Gasteiger charge is -1.95. The molecule has 0 bridgehead atoms. The fourth-order valence-corrected chi connectivity index (χ4v) is 0.982. The first-order valence-electron chi connectivity index (χ1n) is 2.98. The molecule has 0 radical (unpaired) electrons. The van der Waals surface area contributed by atoms with Crippen molar-refractivity contribution in [3.8, 4) is 0 Å². The van der Waals surface area contributed by atoms with Crippen molar-refractivity contribution in [1.29, 1.82) is 0 Å². The topological polar surface area (TPSA) is 22.4 Å². The van der Waals surface area contributed by atoms with E-state index in [1.165, 1.54) is 0 Å². The molecule has 0 fully saturated rings. The molecule has 0 atom stereocenters. The van der Waals surface area contributed by atoms with Crippen LogP contribution >= 0.6 is 11.6 Å². The van der Waals surface area contributed by atoms with Gasteiger partial charge in [0.15, 0.2) is 0 Å². The third-order valence-electron chi connectivity index (χ3n) is 1.26. The molecule has 1 aromatic heterocycles. The van der Waals surface area contributed by atoms with Gasteiger partial charge in [-0.05, 0) is 6.07 Å². The highest BCUT2D eigenvalue weighted by molar-refractivity contribution is 6.17. The van der Waals surface area contributed by atoms with Crippen LogP contribution in [0.5, 0.6) is 0 Å². The third kappa shape index (κ3) is 1.52. The van der Waals surface area contributed by atoms with Gasteiger partial charge in [-0.25, -0.2) is 0 Å². The van der Waals surface area contributed by atoms with Crippen molar-refractivity contribution in [3.63, 3.8) is 0 Å². The van der Waals surface area contributed by atoms with Crippen molar-refractivity contribution in [2.24, 2.45) is 0 Å². The predicted octanol–water partition coefficient (Wildman–Crippen LogP) is 2.16. The molecule has 0 saturated heterocycles. The lowest BCUT2D eigenvalue weighted by Crippen LogP contribution is -1.87. The van der Waals surface area contributed by atoms with Crippen LogP contribution in [0.2, 0.25) is 0 Å². The monoisotopic (exact) mass is 160 g/mol. The second-order valence-electron chi connectivity index (χ2n) is 1.94. The molecule has 0 N–H and O–H groups in total. The highest BCUT2D eigenvalue weighted by Gasteiger charge is 2.02. The van der Waals surface area contributed by atoms with Crippen molar-refractivity contribution in [2.75, 3.05) is 7.11 Å². The van der Waals surface area contributed by atoms with E-state index in [4.69, 9.17) is 20.8 Å². The number of ether oxygens (including phenoxy) is 1. The number of alkyl halides is 1. The van der Waals surface area contributed by atoms with Crippen LogP contribution in [0.25, 0.3) is 0 Å². The van der Waals surface area contributed by atoms with Gasteiger partial charge in [-0.15, -0.1) is 11.6 Å². The molecule has 0 aliphatic rings. The number of halogens is 1. The molecule has 0 spiro atoms. The molecule has 0 aliphatic carbocycles. The Balaban J connectivity index is 2.70. The van der Waals surface area contributed by atoms with E-state index in [-0.39, 0.29) is 0 Å². The maximum absolute atomic E-state index is 5.59. The molecule has 1 rings (SSSR count). The van der Waals surface area contributed by atoms with E-state index < -0.39 is 0 Å². The van der Waals surface area contributed by atoms with Gasteiger partial charge in [0.05, 0.1) is 12.1 Å². The lowest BCUT2D eigenvalue weighted by molar-refractivity contribution is 0.163. The van der Waals surface area contributed by atoms with Gasteiger partial charge < -0.3 is 9.15 Å². The van der Waals surface area contributed by atoms with E-state index in [9.17, 15) is 0 Å². The Morgan fingerprint density at radius 1 is 1.70 bits per heavy atom. The Bertz CT molecular complexity index is 195. The van der Waals surface area contributed by atoms with Gasteiger partial charge in [0.1, 0.15) is 12.4 Å². The zero-order valence-corrected chi connectivity index (χ0v) is 6.52. The molecule has 1 heterocycles. The summed E-state index contributed by atoms with van der Waals surface area (Å²) in [6.45, 7) is 0.495. The fourth-order valence-electron chi connectivity index (χ4n) is 0.744. The van der Waals surface area contributed by atoms with Gasteiger partial charge in [-0.2, -0.15) is 0 Å². The zero-order valence-electron chi connectivity index (χ0n) is 5.76. The van der Waals surface area contributed by atoms with E-state index in [1.807, 2.05) is 6.07 Å². The summed E-state index contributed by atoms with van der Waals surface area (Å²) in [5, 5.41) is 0. The summed E-state index contributed by atoms with van der Waals surface area (Å²) >= 11 is 5.59. The smallest absolute Gasteiger partial charge is 0.133 e. The average molecular weight is 161 g/mol. The van der Waals surface area contributed by atoms with Crippen LogP contribution in [0.4, 0.5) is 0 Å². The molecular formula is C7H9ClO2. The zero-order chi connectivity index (χ0) is 7.40. The third-order valence-corrected chi connectivity index (χ3v) is 1.55. The van der Waals surface area contributed by atoms with Crippen LogP contribution in [-0.4, -0.2) is 7.11 Å². The summed E-state index contributed by atoms with van der Waals surface area (Å²) in [6.07, 6.45) is 1.62. The van der Waals surface area contributed by atoms with Crippen molar-refractivity contribution >= 4 is 11.6 Å². The van der Waals surface area contributed by atoms with Crippen LogP contribution < -0.4 is 0 Å².